The summed E-state index contributed by atoms with van der Waals surface area (Å²) < 4.78 is 0. The zero-order chi connectivity index (χ0) is 8.27. The Morgan fingerprint density at radius 3 is 2.17 bits per heavy atom. The molecule has 12 heavy (non-hydrogen) atoms. The van der Waals surface area contributed by atoms with Gasteiger partial charge in [-0.1, -0.05) is 36.4 Å². The molecule has 0 amide bonds. The summed E-state index contributed by atoms with van der Waals surface area (Å²) in [6.45, 7) is 5.73. The maximum absolute atomic E-state index is 10.3. The standard InChI is InChI=1S/C10H10O.Sn.2H/c1-8(2)10-5-3-9(7-11)4-6-10;;;/h3-7H,1H2,2H3;;;. The second kappa shape index (κ2) is 5.14. The van der Waals surface area contributed by atoms with Crippen LogP contribution >= 0.6 is 0 Å². The first kappa shape index (κ1) is 11.4. The zero-order valence-corrected chi connectivity index (χ0v) is 11.2. The molecular formula is C10H12OSn. The topological polar surface area (TPSA) is 17.1 Å². The molecule has 62 valence electrons. The maximum atomic E-state index is 10.3. The first-order chi connectivity index (χ1) is 5.24. The second-order valence-electron chi connectivity index (χ2n) is 2.52. The molecule has 0 aliphatic carbocycles. The molecule has 1 aromatic rings. The fraction of sp³-hybridized carbons (Fsp3) is 0.100. The molecule has 0 saturated heterocycles. The quantitative estimate of drug-likeness (QED) is 0.587. The van der Waals surface area contributed by atoms with Crippen LogP contribution in [0.25, 0.3) is 5.57 Å². The number of carbonyl (C=O) groups excluding carboxylic acids is 1. The molecule has 0 saturated carbocycles. The molecule has 0 aromatic heterocycles. The molecule has 0 fully saturated rings. The summed E-state index contributed by atoms with van der Waals surface area (Å²) in [5.74, 6) is 0. The van der Waals surface area contributed by atoms with Crippen molar-refractivity contribution in [3.8, 4) is 0 Å². The van der Waals surface area contributed by atoms with Crippen molar-refractivity contribution in [2.45, 2.75) is 6.92 Å². The first-order valence-corrected chi connectivity index (χ1v) is 3.45. The average Bonchev–Trinajstić information content (AvgIpc) is 2.05. The number of aldehydes is 1. The Morgan fingerprint density at radius 2 is 1.83 bits per heavy atom. The molecular weight excluding hydrogens is 255 g/mol. The number of benzene rings is 1. The van der Waals surface area contributed by atoms with E-state index in [-0.39, 0.29) is 23.9 Å². The Morgan fingerprint density at radius 1 is 1.33 bits per heavy atom. The predicted octanol–water partition coefficient (Wildman–Crippen LogP) is 1.62. The van der Waals surface area contributed by atoms with Crippen molar-refractivity contribution < 1.29 is 4.79 Å². The summed E-state index contributed by atoms with van der Waals surface area (Å²) in [5.41, 5.74) is 2.80. The normalized spacial score (nSPS) is 8.42. The molecule has 0 heterocycles. The summed E-state index contributed by atoms with van der Waals surface area (Å²) in [6, 6.07) is 7.37. The van der Waals surface area contributed by atoms with Crippen LogP contribution in [0.1, 0.15) is 22.8 Å². The van der Waals surface area contributed by atoms with Gasteiger partial charge in [-0.25, -0.2) is 0 Å². The van der Waals surface area contributed by atoms with Gasteiger partial charge in [0.25, 0.3) is 0 Å². The van der Waals surface area contributed by atoms with Crippen LogP contribution in [0.4, 0.5) is 0 Å². The number of hydrogen-bond acceptors (Lipinski definition) is 1. The Kier molecular flexibility index (Phi) is 4.90. The molecule has 1 aromatic carbocycles. The fourth-order valence-corrected chi connectivity index (χ4v) is 0.846. The van der Waals surface area contributed by atoms with Crippen molar-refractivity contribution in [1.82, 2.24) is 0 Å². The van der Waals surface area contributed by atoms with Crippen molar-refractivity contribution in [3.63, 3.8) is 0 Å². The summed E-state index contributed by atoms with van der Waals surface area (Å²) in [7, 11) is 0. The van der Waals surface area contributed by atoms with E-state index in [9.17, 15) is 4.79 Å². The van der Waals surface area contributed by atoms with Crippen LogP contribution in [0.15, 0.2) is 30.8 Å². The Bertz CT molecular complexity index is 274. The van der Waals surface area contributed by atoms with Crippen LogP contribution in [0.5, 0.6) is 0 Å². The molecule has 0 atom stereocenters. The van der Waals surface area contributed by atoms with E-state index in [0.29, 0.717) is 5.56 Å². The van der Waals surface area contributed by atoms with Crippen LogP contribution in [-0.2, 0) is 0 Å². The van der Waals surface area contributed by atoms with E-state index in [1.54, 1.807) is 12.1 Å². The van der Waals surface area contributed by atoms with Crippen LogP contribution in [0.2, 0.25) is 0 Å². The molecule has 2 heteroatoms. The van der Waals surface area contributed by atoms with Gasteiger partial charge in [-0.15, -0.1) is 0 Å². The van der Waals surface area contributed by atoms with E-state index in [2.05, 4.69) is 6.58 Å². The van der Waals surface area contributed by atoms with E-state index in [0.717, 1.165) is 17.4 Å². The van der Waals surface area contributed by atoms with Crippen molar-refractivity contribution in [2.24, 2.45) is 0 Å². The first-order valence-electron chi connectivity index (χ1n) is 3.45. The third kappa shape index (κ3) is 2.81. The fourth-order valence-electron chi connectivity index (χ4n) is 0.846. The summed E-state index contributed by atoms with van der Waals surface area (Å²) in [5, 5.41) is 0. The number of hydrogen-bond donors (Lipinski definition) is 0. The van der Waals surface area contributed by atoms with Gasteiger partial charge in [0.1, 0.15) is 6.29 Å². The molecule has 0 spiro atoms. The van der Waals surface area contributed by atoms with Crippen LogP contribution in [-0.4, -0.2) is 30.2 Å². The van der Waals surface area contributed by atoms with E-state index < -0.39 is 0 Å². The molecule has 0 bridgehead atoms. The summed E-state index contributed by atoms with van der Waals surface area (Å²) in [6.07, 6.45) is 0.836. The number of allylic oxidation sites excluding steroid dienone is 1. The van der Waals surface area contributed by atoms with Crippen molar-refractivity contribution in [1.29, 1.82) is 0 Å². The van der Waals surface area contributed by atoms with Gasteiger partial charge in [0.05, 0.1) is 0 Å². The van der Waals surface area contributed by atoms with Gasteiger partial charge in [0.2, 0.25) is 0 Å². The number of carbonyl (C=O) groups is 1. The van der Waals surface area contributed by atoms with Crippen LogP contribution in [0, 0.1) is 0 Å². The summed E-state index contributed by atoms with van der Waals surface area (Å²) in [4.78, 5) is 10.3. The monoisotopic (exact) mass is 268 g/mol. The third-order valence-corrected chi connectivity index (χ3v) is 1.54. The minimum absolute atomic E-state index is 0. The molecule has 0 aliphatic rings. The Hall–Kier alpha value is -0.571. The summed E-state index contributed by atoms with van der Waals surface area (Å²) >= 11 is 0. The van der Waals surface area contributed by atoms with E-state index in [4.69, 9.17) is 0 Å². The van der Waals surface area contributed by atoms with Crippen LogP contribution in [0.3, 0.4) is 0 Å². The molecule has 2 radical (unpaired) electrons. The third-order valence-electron chi connectivity index (χ3n) is 1.54. The molecule has 0 N–H and O–H groups in total. The molecule has 1 rings (SSSR count). The number of rotatable bonds is 2. The van der Waals surface area contributed by atoms with Gasteiger partial charge >= 0.3 is 23.9 Å². The SMILES string of the molecule is C=C(C)c1ccc(C=O)cc1.[SnH2]. The van der Waals surface area contributed by atoms with Crippen LogP contribution < -0.4 is 0 Å². The Labute approximate surface area is 89.4 Å². The van der Waals surface area contributed by atoms with E-state index in [1.165, 1.54) is 0 Å². The Balaban J connectivity index is 0.00000121. The second-order valence-corrected chi connectivity index (χ2v) is 2.52. The van der Waals surface area contributed by atoms with Gasteiger partial charge < -0.3 is 0 Å². The van der Waals surface area contributed by atoms with Gasteiger partial charge in [-0.2, -0.15) is 0 Å². The molecule has 0 unspecified atom stereocenters. The minimum atomic E-state index is 0. The zero-order valence-electron chi connectivity index (χ0n) is 7.21. The van der Waals surface area contributed by atoms with Gasteiger partial charge in [0.15, 0.2) is 0 Å². The van der Waals surface area contributed by atoms with Gasteiger partial charge in [-0.05, 0) is 12.5 Å². The van der Waals surface area contributed by atoms with E-state index >= 15 is 0 Å². The predicted molar refractivity (Wildman–Crippen MR) is 55.1 cm³/mol. The van der Waals surface area contributed by atoms with Crippen molar-refractivity contribution in [3.05, 3.63) is 42.0 Å². The van der Waals surface area contributed by atoms with Gasteiger partial charge in [-0.3, -0.25) is 4.79 Å². The van der Waals surface area contributed by atoms with Crippen molar-refractivity contribution in [2.75, 3.05) is 0 Å². The molecule has 1 nitrogen and oxygen atoms in total. The van der Waals surface area contributed by atoms with Crippen molar-refractivity contribution >= 4 is 35.8 Å². The molecule has 0 aliphatic heterocycles. The van der Waals surface area contributed by atoms with Gasteiger partial charge in [0, 0.05) is 5.56 Å². The average molecular weight is 267 g/mol. The van der Waals surface area contributed by atoms with E-state index in [1.807, 2.05) is 19.1 Å².